The molecule has 0 bridgehead atoms. The maximum atomic E-state index is 11.0. The lowest BCUT2D eigenvalue weighted by molar-refractivity contribution is -0.119. The fraction of sp³-hybridized carbons (Fsp3) is 0.462. The molecule has 1 aliphatic heterocycles. The van der Waals surface area contributed by atoms with Crippen LogP contribution in [-0.2, 0) is 10.3 Å². The number of rotatable bonds is 3. The molecule has 0 unspecified atom stereocenters. The highest BCUT2D eigenvalue weighted by atomic mass is 16.1. The number of nitrogens with one attached hydrogen (secondary N) is 1. The number of piperazine rings is 1. The summed E-state index contributed by atoms with van der Waals surface area (Å²) < 4.78 is 0. The molecular weight excluding hydrogens is 214 g/mol. The summed E-state index contributed by atoms with van der Waals surface area (Å²) in [6.45, 7) is 5.05. The second-order valence-corrected chi connectivity index (χ2v) is 4.80. The van der Waals surface area contributed by atoms with E-state index in [4.69, 9.17) is 5.73 Å². The number of benzene rings is 1. The van der Waals surface area contributed by atoms with Crippen molar-refractivity contribution in [1.82, 2.24) is 10.2 Å². The maximum absolute atomic E-state index is 11.0. The highest BCUT2D eigenvalue weighted by Crippen LogP contribution is 2.23. The molecule has 4 nitrogen and oxygen atoms in total. The van der Waals surface area contributed by atoms with E-state index in [1.807, 2.05) is 18.2 Å². The molecule has 0 radical (unpaired) electrons. The van der Waals surface area contributed by atoms with Crippen molar-refractivity contribution in [3.63, 3.8) is 0 Å². The minimum absolute atomic E-state index is 0.102. The van der Waals surface area contributed by atoms with E-state index in [2.05, 4.69) is 29.3 Å². The van der Waals surface area contributed by atoms with Crippen molar-refractivity contribution in [1.29, 1.82) is 0 Å². The summed E-state index contributed by atoms with van der Waals surface area (Å²) in [7, 11) is 0. The molecule has 0 saturated carbocycles. The van der Waals surface area contributed by atoms with E-state index in [1.165, 1.54) is 5.56 Å². The van der Waals surface area contributed by atoms with Crippen molar-refractivity contribution < 1.29 is 4.79 Å². The van der Waals surface area contributed by atoms with E-state index in [0.717, 1.165) is 19.6 Å². The van der Waals surface area contributed by atoms with Crippen LogP contribution in [0.2, 0.25) is 0 Å². The Kier molecular flexibility index (Phi) is 3.45. The van der Waals surface area contributed by atoms with Crippen LogP contribution in [0.15, 0.2) is 30.3 Å². The molecule has 1 amide bonds. The summed E-state index contributed by atoms with van der Waals surface area (Å²) in [4.78, 5) is 13.1. The smallest absolute Gasteiger partial charge is 0.231 e. The van der Waals surface area contributed by atoms with Crippen molar-refractivity contribution in [2.24, 2.45) is 5.73 Å². The third kappa shape index (κ3) is 2.84. The summed E-state index contributed by atoms with van der Waals surface area (Å²) in [6.07, 6.45) is 0. The quantitative estimate of drug-likeness (QED) is 0.789. The zero-order valence-electron chi connectivity index (χ0n) is 10.1. The summed E-state index contributed by atoms with van der Waals surface area (Å²) in [5.41, 5.74) is 6.39. The summed E-state index contributed by atoms with van der Waals surface area (Å²) in [6, 6.07) is 10.3. The summed E-state index contributed by atoms with van der Waals surface area (Å²) in [5, 5.41) is 3.52. The molecular formula is C13H19N3O. The average Bonchev–Trinajstić information content (AvgIpc) is 2.29. The number of amides is 1. The van der Waals surface area contributed by atoms with Crippen molar-refractivity contribution in [2.45, 2.75) is 12.5 Å². The number of primary amides is 1. The SMILES string of the molecule is C[C@@]1(c2ccccc2)CN(CC(N)=O)CCN1. The number of nitrogens with two attached hydrogens (primary N) is 1. The van der Waals surface area contributed by atoms with Crippen LogP contribution in [0.25, 0.3) is 0 Å². The minimum Gasteiger partial charge on any atom is -0.369 e. The largest absolute Gasteiger partial charge is 0.369 e. The second-order valence-electron chi connectivity index (χ2n) is 4.80. The first-order valence-corrected chi connectivity index (χ1v) is 5.91. The van der Waals surface area contributed by atoms with Crippen LogP contribution in [0, 0.1) is 0 Å². The molecule has 92 valence electrons. The van der Waals surface area contributed by atoms with Crippen LogP contribution in [0.4, 0.5) is 0 Å². The zero-order valence-corrected chi connectivity index (χ0v) is 10.1. The molecule has 4 heteroatoms. The molecule has 1 aliphatic rings. The predicted molar refractivity (Wildman–Crippen MR) is 67.4 cm³/mol. The van der Waals surface area contributed by atoms with Gasteiger partial charge in [-0.25, -0.2) is 0 Å². The fourth-order valence-corrected chi connectivity index (χ4v) is 2.43. The number of carbonyl (C=O) groups excluding carboxylic acids is 1. The minimum atomic E-state index is -0.262. The number of carbonyl (C=O) groups is 1. The van der Waals surface area contributed by atoms with Gasteiger partial charge in [-0.15, -0.1) is 0 Å². The maximum Gasteiger partial charge on any atom is 0.231 e. The molecule has 1 atom stereocenters. The third-order valence-corrected chi connectivity index (χ3v) is 3.27. The Bertz CT molecular complexity index is 393. The van der Waals surface area contributed by atoms with Crippen molar-refractivity contribution in [3.05, 3.63) is 35.9 Å². The Morgan fingerprint density at radius 2 is 2.18 bits per heavy atom. The summed E-state index contributed by atoms with van der Waals surface area (Å²) in [5.74, 6) is -0.262. The first-order valence-electron chi connectivity index (χ1n) is 5.91. The van der Waals surface area contributed by atoms with Crippen LogP contribution < -0.4 is 11.1 Å². The lowest BCUT2D eigenvalue weighted by Crippen LogP contribution is -2.57. The molecule has 0 aromatic heterocycles. The Labute approximate surface area is 102 Å². The van der Waals surface area contributed by atoms with Gasteiger partial charge in [0.05, 0.1) is 12.1 Å². The number of hydrogen-bond acceptors (Lipinski definition) is 3. The van der Waals surface area contributed by atoms with E-state index in [-0.39, 0.29) is 11.4 Å². The Morgan fingerprint density at radius 1 is 1.47 bits per heavy atom. The molecule has 0 spiro atoms. The number of nitrogens with zero attached hydrogens (tertiary/aromatic N) is 1. The van der Waals surface area contributed by atoms with Crippen molar-refractivity contribution >= 4 is 5.91 Å². The fourth-order valence-electron chi connectivity index (χ4n) is 2.43. The Balaban J connectivity index is 2.12. The lowest BCUT2D eigenvalue weighted by Gasteiger charge is -2.41. The van der Waals surface area contributed by atoms with Gasteiger partial charge in [-0.1, -0.05) is 30.3 Å². The van der Waals surface area contributed by atoms with Crippen LogP contribution in [0.3, 0.4) is 0 Å². The Hall–Kier alpha value is -1.39. The van der Waals surface area contributed by atoms with Gasteiger partial charge in [0.1, 0.15) is 0 Å². The molecule has 17 heavy (non-hydrogen) atoms. The van der Waals surface area contributed by atoms with E-state index in [0.29, 0.717) is 6.54 Å². The van der Waals surface area contributed by atoms with Crippen LogP contribution in [0.1, 0.15) is 12.5 Å². The van der Waals surface area contributed by atoms with E-state index in [9.17, 15) is 4.79 Å². The molecule has 1 fully saturated rings. The van der Waals surface area contributed by atoms with E-state index < -0.39 is 0 Å². The monoisotopic (exact) mass is 233 g/mol. The van der Waals surface area contributed by atoms with Gasteiger partial charge in [-0.2, -0.15) is 0 Å². The van der Waals surface area contributed by atoms with E-state index >= 15 is 0 Å². The second kappa shape index (κ2) is 4.85. The van der Waals surface area contributed by atoms with Crippen LogP contribution in [0.5, 0.6) is 0 Å². The molecule has 3 N–H and O–H groups in total. The first-order chi connectivity index (χ1) is 8.10. The normalized spacial score (nSPS) is 25.7. The molecule has 2 rings (SSSR count). The Morgan fingerprint density at radius 3 is 2.82 bits per heavy atom. The third-order valence-electron chi connectivity index (χ3n) is 3.27. The van der Waals surface area contributed by atoms with Gasteiger partial charge in [-0.05, 0) is 12.5 Å². The summed E-state index contributed by atoms with van der Waals surface area (Å²) >= 11 is 0. The van der Waals surface area contributed by atoms with Crippen molar-refractivity contribution in [2.75, 3.05) is 26.2 Å². The number of hydrogen-bond donors (Lipinski definition) is 2. The molecule has 1 aromatic rings. The van der Waals surface area contributed by atoms with Gasteiger partial charge in [0.25, 0.3) is 0 Å². The van der Waals surface area contributed by atoms with Gasteiger partial charge in [-0.3, -0.25) is 9.69 Å². The molecule has 0 aliphatic carbocycles. The van der Waals surface area contributed by atoms with E-state index in [1.54, 1.807) is 0 Å². The molecule has 1 aromatic carbocycles. The first kappa shape index (κ1) is 12.1. The van der Waals surface area contributed by atoms with Gasteiger partial charge in [0, 0.05) is 19.6 Å². The van der Waals surface area contributed by atoms with Crippen molar-refractivity contribution in [3.8, 4) is 0 Å². The van der Waals surface area contributed by atoms with Gasteiger partial charge in [0.15, 0.2) is 0 Å². The molecule has 1 saturated heterocycles. The van der Waals surface area contributed by atoms with Gasteiger partial charge < -0.3 is 11.1 Å². The predicted octanol–water partition coefficient (Wildman–Crippen LogP) is 0.292. The van der Waals surface area contributed by atoms with Gasteiger partial charge >= 0.3 is 0 Å². The standard InChI is InChI=1S/C13H19N3O/c1-13(11-5-3-2-4-6-11)10-16(8-7-15-13)9-12(14)17/h2-6,15H,7-10H2,1H3,(H2,14,17)/t13-/m0/s1. The zero-order chi connectivity index (χ0) is 12.3. The highest BCUT2D eigenvalue weighted by Gasteiger charge is 2.32. The highest BCUT2D eigenvalue weighted by molar-refractivity contribution is 5.75. The average molecular weight is 233 g/mol. The van der Waals surface area contributed by atoms with Crippen LogP contribution in [-0.4, -0.2) is 37.0 Å². The van der Waals surface area contributed by atoms with Crippen LogP contribution >= 0.6 is 0 Å². The lowest BCUT2D eigenvalue weighted by atomic mass is 9.89. The molecule has 1 heterocycles. The topological polar surface area (TPSA) is 58.4 Å². The van der Waals surface area contributed by atoms with Gasteiger partial charge in [0.2, 0.25) is 5.91 Å².